The van der Waals surface area contributed by atoms with Crippen molar-refractivity contribution in [1.29, 1.82) is 0 Å². The summed E-state index contributed by atoms with van der Waals surface area (Å²) in [7, 11) is -9.87. The molecule has 3 N–H and O–H groups in total. The Hall–Kier alpha value is -1.94. The number of phosphoric acid groups is 2. The molecule has 80 heavy (non-hydrogen) atoms. The Labute approximate surface area is 486 Å². The average molecular weight is 1190 g/mol. The van der Waals surface area contributed by atoms with Crippen LogP contribution in [0.1, 0.15) is 304 Å². The van der Waals surface area contributed by atoms with Crippen LogP contribution in [0.15, 0.2) is 0 Å². The van der Waals surface area contributed by atoms with Crippen molar-refractivity contribution in [3.8, 4) is 0 Å². The lowest BCUT2D eigenvalue weighted by Crippen LogP contribution is -2.30. The highest BCUT2D eigenvalue weighted by atomic mass is 31.2. The van der Waals surface area contributed by atoms with E-state index in [2.05, 4.69) is 34.6 Å². The van der Waals surface area contributed by atoms with Gasteiger partial charge in [-0.25, -0.2) is 9.13 Å². The molecule has 0 bridgehead atoms. The Kier molecular flexibility index (Phi) is 53.6. The predicted octanol–water partition coefficient (Wildman–Crippen LogP) is 16.6. The summed E-state index contributed by atoms with van der Waals surface area (Å²) >= 11 is 0. The van der Waals surface area contributed by atoms with Crippen LogP contribution in [0.4, 0.5) is 0 Å². The second kappa shape index (κ2) is 55.0. The third kappa shape index (κ3) is 55.3. The Morgan fingerprint density at radius 3 is 0.850 bits per heavy atom. The van der Waals surface area contributed by atoms with E-state index >= 15 is 0 Å². The van der Waals surface area contributed by atoms with Crippen LogP contribution < -0.4 is 0 Å². The summed E-state index contributed by atoms with van der Waals surface area (Å²) in [5.74, 6) is -1.41. The molecule has 17 nitrogen and oxygen atoms in total. The summed E-state index contributed by atoms with van der Waals surface area (Å²) in [5, 5.41) is 10.5. The zero-order valence-electron chi connectivity index (χ0n) is 51.2. The number of carbonyl (C=O) groups is 4. The number of phosphoric ester groups is 2. The molecule has 0 aromatic heterocycles. The monoisotopic (exact) mass is 1180 g/mol. The number of aliphatic hydroxyl groups is 1. The van der Waals surface area contributed by atoms with Gasteiger partial charge in [0.2, 0.25) is 0 Å². The average Bonchev–Trinajstić information content (AvgIpc) is 3.42. The molecule has 0 spiro atoms. The molecule has 0 aliphatic rings. The number of aliphatic hydroxyl groups excluding tert-OH is 1. The van der Waals surface area contributed by atoms with E-state index in [0.717, 1.165) is 115 Å². The van der Waals surface area contributed by atoms with Gasteiger partial charge in [0.1, 0.15) is 19.3 Å². The number of carbonyl (C=O) groups excluding carboxylic acids is 4. The number of rotatable bonds is 61. The fraction of sp³-hybridized carbons (Fsp3) is 0.934. The minimum atomic E-state index is -4.94. The summed E-state index contributed by atoms with van der Waals surface area (Å²) in [6.07, 6.45) is 38.1. The molecule has 0 heterocycles. The zero-order valence-corrected chi connectivity index (χ0v) is 53.0. The van der Waals surface area contributed by atoms with Gasteiger partial charge in [-0.05, 0) is 31.6 Å². The standard InChI is InChI=1S/C61H118O17P2/c1-6-9-12-15-17-18-19-20-21-22-23-24-27-32-37-42-47-61(66)78-57(51-72-59(64)45-40-35-31-28-25-26-30-34-38-43-54(4)5)53-76-80(69,70)74-49-55(62)48-73-79(67,68)75-52-56(50-71-58(63)44-39-33-14-11-8-3)77-60(65)46-41-36-29-16-13-10-7-2/h54-57,62H,6-53H2,1-5H3,(H,67,68)(H,69,70)/t55-,56+,57+/m0/s1. The molecule has 0 amide bonds. The topological polar surface area (TPSA) is 237 Å². The lowest BCUT2D eigenvalue weighted by molar-refractivity contribution is -0.161. The van der Waals surface area contributed by atoms with Crippen LogP contribution in [0.5, 0.6) is 0 Å². The van der Waals surface area contributed by atoms with Crippen LogP contribution in [0.3, 0.4) is 0 Å². The fourth-order valence-electron chi connectivity index (χ4n) is 9.05. The van der Waals surface area contributed by atoms with Crippen LogP contribution in [0.25, 0.3) is 0 Å². The van der Waals surface area contributed by atoms with Gasteiger partial charge >= 0.3 is 39.5 Å². The number of esters is 4. The Morgan fingerprint density at radius 2 is 0.575 bits per heavy atom. The van der Waals surface area contributed by atoms with Crippen LogP contribution in [0.2, 0.25) is 0 Å². The van der Waals surface area contributed by atoms with Gasteiger partial charge in [0.25, 0.3) is 0 Å². The minimum absolute atomic E-state index is 0.103. The number of unbranched alkanes of at least 4 members (excludes halogenated alkanes) is 33. The molecule has 0 rings (SSSR count). The molecule has 2 unspecified atom stereocenters. The molecule has 0 aromatic rings. The molecular formula is C61H118O17P2. The first-order valence-corrected chi connectivity index (χ1v) is 35.1. The summed E-state index contributed by atoms with van der Waals surface area (Å²) < 4.78 is 67.6. The Balaban J connectivity index is 5.14. The highest BCUT2D eigenvalue weighted by molar-refractivity contribution is 7.47. The van der Waals surface area contributed by atoms with Gasteiger partial charge in [-0.15, -0.1) is 0 Å². The molecule has 0 aliphatic heterocycles. The van der Waals surface area contributed by atoms with E-state index in [1.807, 2.05) is 0 Å². The molecule has 0 saturated heterocycles. The number of hydrogen-bond donors (Lipinski definition) is 3. The third-order valence-electron chi connectivity index (χ3n) is 14.0. The van der Waals surface area contributed by atoms with Crippen molar-refractivity contribution >= 4 is 39.5 Å². The van der Waals surface area contributed by atoms with Crippen molar-refractivity contribution in [2.24, 2.45) is 5.92 Å². The maximum atomic E-state index is 12.9. The maximum Gasteiger partial charge on any atom is 0.472 e. The largest absolute Gasteiger partial charge is 0.472 e. The van der Waals surface area contributed by atoms with Crippen molar-refractivity contribution in [2.45, 2.75) is 323 Å². The number of ether oxygens (including phenoxy) is 4. The Bertz CT molecular complexity index is 1570. The van der Waals surface area contributed by atoms with Crippen LogP contribution in [0, 0.1) is 5.92 Å². The highest BCUT2D eigenvalue weighted by Gasteiger charge is 2.30. The second-order valence-corrected chi connectivity index (χ2v) is 25.5. The summed E-state index contributed by atoms with van der Waals surface area (Å²) in [5.41, 5.74) is 0. The second-order valence-electron chi connectivity index (χ2n) is 22.6. The van der Waals surface area contributed by atoms with Crippen molar-refractivity contribution < 1.29 is 80.2 Å². The summed E-state index contributed by atoms with van der Waals surface area (Å²) in [6, 6.07) is 0. The molecule has 19 heteroatoms. The summed E-state index contributed by atoms with van der Waals surface area (Å²) in [4.78, 5) is 71.7. The predicted molar refractivity (Wildman–Crippen MR) is 317 cm³/mol. The minimum Gasteiger partial charge on any atom is -0.462 e. The van der Waals surface area contributed by atoms with E-state index in [1.165, 1.54) is 109 Å². The van der Waals surface area contributed by atoms with Crippen molar-refractivity contribution in [3.63, 3.8) is 0 Å². The molecule has 0 fully saturated rings. The lowest BCUT2D eigenvalue weighted by atomic mass is 10.0. The first kappa shape index (κ1) is 78.1. The van der Waals surface area contributed by atoms with Gasteiger partial charge in [-0.3, -0.25) is 37.3 Å². The van der Waals surface area contributed by atoms with Crippen molar-refractivity contribution in [2.75, 3.05) is 39.6 Å². The van der Waals surface area contributed by atoms with Crippen molar-refractivity contribution in [1.82, 2.24) is 0 Å². The molecular weight excluding hydrogens is 1070 g/mol. The van der Waals surface area contributed by atoms with Crippen LogP contribution in [-0.4, -0.2) is 96.7 Å². The van der Waals surface area contributed by atoms with E-state index in [0.29, 0.717) is 25.7 Å². The van der Waals surface area contributed by atoms with E-state index in [-0.39, 0.29) is 25.7 Å². The normalized spacial score (nSPS) is 14.3. The van der Waals surface area contributed by atoms with Crippen LogP contribution in [-0.2, 0) is 65.4 Å². The maximum absolute atomic E-state index is 12.9. The summed E-state index contributed by atoms with van der Waals surface area (Å²) in [6.45, 7) is 7.03. The quantitative estimate of drug-likeness (QED) is 0.0222. The van der Waals surface area contributed by atoms with Gasteiger partial charge in [0, 0.05) is 25.7 Å². The van der Waals surface area contributed by atoms with E-state index < -0.39 is 97.5 Å². The number of hydrogen-bond acceptors (Lipinski definition) is 15. The first-order chi connectivity index (χ1) is 38.5. The van der Waals surface area contributed by atoms with Crippen molar-refractivity contribution in [3.05, 3.63) is 0 Å². The van der Waals surface area contributed by atoms with Gasteiger partial charge in [-0.2, -0.15) is 0 Å². The van der Waals surface area contributed by atoms with Gasteiger partial charge in [-0.1, -0.05) is 253 Å². The van der Waals surface area contributed by atoms with Crippen LogP contribution >= 0.6 is 15.6 Å². The molecule has 0 saturated carbocycles. The Morgan fingerprint density at radius 1 is 0.338 bits per heavy atom. The highest BCUT2D eigenvalue weighted by Crippen LogP contribution is 2.45. The van der Waals surface area contributed by atoms with E-state index in [1.54, 1.807) is 0 Å². The fourth-order valence-corrected chi connectivity index (χ4v) is 10.6. The lowest BCUT2D eigenvalue weighted by Gasteiger charge is -2.21. The SMILES string of the molecule is CCCCCCCCCCCCCCCCCCC(=O)O[C@H](COC(=O)CCCCCCCCCCCC(C)C)COP(=O)(O)OC[C@@H](O)COP(=O)(O)OC[C@@H](COC(=O)CCCCCCC)OC(=O)CCCCCCCCC. The molecule has 474 valence electrons. The first-order valence-electron chi connectivity index (χ1n) is 32.1. The molecule has 0 aromatic carbocycles. The van der Waals surface area contributed by atoms with E-state index in [4.69, 9.17) is 37.0 Å². The van der Waals surface area contributed by atoms with E-state index in [9.17, 15) is 43.2 Å². The molecule has 0 aliphatic carbocycles. The smallest absolute Gasteiger partial charge is 0.462 e. The van der Waals surface area contributed by atoms with Gasteiger partial charge < -0.3 is 33.8 Å². The third-order valence-corrected chi connectivity index (χ3v) is 15.9. The van der Waals surface area contributed by atoms with Gasteiger partial charge in [0.15, 0.2) is 12.2 Å². The molecule has 5 atom stereocenters. The zero-order chi connectivity index (χ0) is 59.2. The van der Waals surface area contributed by atoms with Gasteiger partial charge in [0.05, 0.1) is 26.4 Å². The molecule has 0 radical (unpaired) electrons.